The number of fused-ring (bicyclic) bond motifs is 1. The van der Waals surface area contributed by atoms with Gasteiger partial charge in [-0.2, -0.15) is 5.10 Å². The van der Waals surface area contributed by atoms with Crippen molar-refractivity contribution >= 4 is 22.7 Å². The normalized spacial score (nSPS) is 17.0. The van der Waals surface area contributed by atoms with Crippen molar-refractivity contribution in [2.24, 2.45) is 11.0 Å². The summed E-state index contributed by atoms with van der Waals surface area (Å²) in [6.07, 6.45) is 0.453. The zero-order chi connectivity index (χ0) is 19.8. The molecule has 0 saturated carbocycles. The molecule has 0 radical (unpaired) electrons. The lowest BCUT2D eigenvalue weighted by atomic mass is 9.94. The van der Waals surface area contributed by atoms with Crippen molar-refractivity contribution in [2.75, 3.05) is 7.11 Å². The van der Waals surface area contributed by atoms with E-state index in [4.69, 9.17) is 9.72 Å². The Balaban J connectivity index is 1.83. The van der Waals surface area contributed by atoms with E-state index in [1.54, 1.807) is 7.11 Å². The molecule has 28 heavy (non-hydrogen) atoms. The summed E-state index contributed by atoms with van der Waals surface area (Å²) >= 11 is 0. The number of hydrazone groups is 1. The topological polar surface area (TPSA) is 68.5 Å². The Morgan fingerprint density at radius 2 is 1.86 bits per heavy atom. The van der Waals surface area contributed by atoms with Gasteiger partial charge in [0.25, 0.3) is 0 Å². The summed E-state index contributed by atoms with van der Waals surface area (Å²) in [6.45, 7) is 6.34. The average molecular weight is 376 g/mol. The van der Waals surface area contributed by atoms with Crippen LogP contribution in [0, 0.1) is 5.92 Å². The van der Waals surface area contributed by atoms with Crippen LogP contribution in [0.3, 0.4) is 0 Å². The van der Waals surface area contributed by atoms with E-state index < -0.39 is 0 Å². The highest BCUT2D eigenvalue weighted by Crippen LogP contribution is 2.30. The number of carbonyl (C=O) groups excluding carboxylic acids is 1. The molecule has 0 fully saturated rings. The molecule has 3 aromatic rings. The summed E-state index contributed by atoms with van der Waals surface area (Å²) < 4.78 is 7.52. The monoisotopic (exact) mass is 376 g/mol. The Labute approximate surface area is 164 Å². The standard InChI is InChI=1S/C22H24N4O2/c1-13(2)26-19-10-7-16(21-14(3)11-20(27)24-25-21)12-18(19)23-22(26)15-5-8-17(28-4)9-6-15/h5-10,12-14H,11H2,1-4H3,(H,24,27). The van der Waals surface area contributed by atoms with Crippen LogP contribution in [0.15, 0.2) is 47.6 Å². The summed E-state index contributed by atoms with van der Waals surface area (Å²) in [6, 6.07) is 14.4. The highest BCUT2D eigenvalue weighted by Gasteiger charge is 2.23. The number of methoxy groups -OCH3 is 1. The Kier molecular flexibility index (Phi) is 4.63. The van der Waals surface area contributed by atoms with Crippen molar-refractivity contribution in [3.63, 3.8) is 0 Å². The van der Waals surface area contributed by atoms with E-state index >= 15 is 0 Å². The number of imidazole rings is 1. The molecule has 0 aliphatic carbocycles. The predicted octanol–water partition coefficient (Wildman–Crippen LogP) is 4.15. The quantitative estimate of drug-likeness (QED) is 0.744. The first kappa shape index (κ1) is 18.2. The van der Waals surface area contributed by atoms with E-state index in [1.165, 1.54) is 0 Å². The van der Waals surface area contributed by atoms with E-state index in [9.17, 15) is 4.79 Å². The van der Waals surface area contributed by atoms with Gasteiger partial charge in [-0.25, -0.2) is 10.4 Å². The molecule has 1 unspecified atom stereocenters. The molecule has 1 aliphatic heterocycles. The number of aromatic nitrogens is 2. The van der Waals surface area contributed by atoms with Gasteiger partial charge in [0.1, 0.15) is 11.6 Å². The average Bonchev–Trinajstić information content (AvgIpc) is 3.07. The van der Waals surface area contributed by atoms with Crippen LogP contribution in [-0.4, -0.2) is 28.3 Å². The first-order valence-electron chi connectivity index (χ1n) is 9.51. The molecule has 0 bridgehead atoms. The van der Waals surface area contributed by atoms with Gasteiger partial charge in [0.2, 0.25) is 5.91 Å². The number of nitrogens with one attached hydrogen (secondary N) is 1. The molecule has 1 aliphatic rings. The highest BCUT2D eigenvalue weighted by atomic mass is 16.5. The van der Waals surface area contributed by atoms with Crippen molar-refractivity contribution in [1.82, 2.24) is 15.0 Å². The summed E-state index contributed by atoms with van der Waals surface area (Å²) in [7, 11) is 1.66. The van der Waals surface area contributed by atoms with Gasteiger partial charge in [-0.1, -0.05) is 13.0 Å². The lowest BCUT2D eigenvalue weighted by Crippen LogP contribution is -2.31. The number of hydrogen-bond acceptors (Lipinski definition) is 4. The van der Waals surface area contributed by atoms with Gasteiger partial charge in [0.05, 0.1) is 23.9 Å². The third-order valence-electron chi connectivity index (χ3n) is 5.11. The maximum Gasteiger partial charge on any atom is 0.240 e. The second-order valence-corrected chi connectivity index (χ2v) is 7.47. The molecule has 1 atom stereocenters. The number of rotatable bonds is 4. The van der Waals surface area contributed by atoms with Gasteiger partial charge in [-0.15, -0.1) is 0 Å². The Morgan fingerprint density at radius 3 is 2.50 bits per heavy atom. The molecule has 2 heterocycles. The van der Waals surface area contributed by atoms with Gasteiger partial charge < -0.3 is 9.30 Å². The molecule has 6 heteroatoms. The summed E-state index contributed by atoms with van der Waals surface area (Å²) in [5.41, 5.74) is 7.53. The molecule has 4 rings (SSSR count). The van der Waals surface area contributed by atoms with Crippen LogP contribution in [0.5, 0.6) is 5.75 Å². The highest BCUT2D eigenvalue weighted by molar-refractivity contribution is 6.07. The summed E-state index contributed by atoms with van der Waals surface area (Å²) in [4.78, 5) is 16.5. The van der Waals surface area contributed by atoms with Crippen LogP contribution in [-0.2, 0) is 4.79 Å². The van der Waals surface area contributed by atoms with Crippen LogP contribution >= 0.6 is 0 Å². The summed E-state index contributed by atoms with van der Waals surface area (Å²) in [5.74, 6) is 1.80. The first-order chi connectivity index (χ1) is 13.5. The van der Waals surface area contributed by atoms with Crippen molar-refractivity contribution in [3.05, 3.63) is 48.0 Å². The van der Waals surface area contributed by atoms with Crippen LogP contribution < -0.4 is 10.2 Å². The van der Waals surface area contributed by atoms with E-state index in [-0.39, 0.29) is 17.9 Å². The smallest absolute Gasteiger partial charge is 0.240 e. The minimum absolute atomic E-state index is 0.0387. The molecule has 0 saturated heterocycles. The van der Waals surface area contributed by atoms with Crippen LogP contribution in [0.2, 0.25) is 0 Å². The predicted molar refractivity (Wildman–Crippen MR) is 111 cm³/mol. The molecular weight excluding hydrogens is 352 g/mol. The van der Waals surface area contributed by atoms with Gasteiger partial charge in [-0.05, 0) is 50.2 Å². The molecule has 0 spiro atoms. The number of benzene rings is 2. The SMILES string of the molecule is COc1ccc(-c2nc3cc(C4=NNC(=O)CC4C)ccc3n2C(C)C)cc1. The number of nitrogens with zero attached hydrogens (tertiary/aromatic N) is 3. The number of ether oxygens (including phenoxy) is 1. The zero-order valence-corrected chi connectivity index (χ0v) is 16.6. The van der Waals surface area contributed by atoms with Crippen LogP contribution in [0.1, 0.15) is 38.8 Å². The minimum atomic E-state index is -0.0387. The maximum absolute atomic E-state index is 11.5. The Bertz CT molecular complexity index is 1060. The summed E-state index contributed by atoms with van der Waals surface area (Å²) in [5, 5.41) is 4.28. The third-order valence-corrected chi connectivity index (χ3v) is 5.11. The van der Waals surface area contributed by atoms with Gasteiger partial charge >= 0.3 is 0 Å². The van der Waals surface area contributed by atoms with Gasteiger partial charge in [0.15, 0.2) is 0 Å². The minimum Gasteiger partial charge on any atom is -0.497 e. The molecule has 2 aromatic carbocycles. The second-order valence-electron chi connectivity index (χ2n) is 7.47. The molecule has 144 valence electrons. The van der Waals surface area contributed by atoms with Crippen LogP contribution in [0.25, 0.3) is 22.4 Å². The Hall–Kier alpha value is -3.15. The molecule has 6 nitrogen and oxygen atoms in total. The van der Waals surface area contributed by atoms with Crippen LogP contribution in [0.4, 0.5) is 0 Å². The van der Waals surface area contributed by atoms with E-state index in [0.29, 0.717) is 6.42 Å². The van der Waals surface area contributed by atoms with Crippen molar-refractivity contribution in [2.45, 2.75) is 33.2 Å². The zero-order valence-electron chi connectivity index (χ0n) is 16.6. The molecule has 1 amide bonds. The lowest BCUT2D eigenvalue weighted by Gasteiger charge is -2.19. The number of carbonyl (C=O) groups is 1. The maximum atomic E-state index is 11.5. The van der Waals surface area contributed by atoms with E-state index in [0.717, 1.165) is 39.4 Å². The lowest BCUT2D eigenvalue weighted by molar-refractivity contribution is -0.121. The number of hydrogen-bond donors (Lipinski definition) is 1. The van der Waals surface area contributed by atoms with Gasteiger partial charge in [0, 0.05) is 29.5 Å². The first-order valence-corrected chi connectivity index (χ1v) is 9.51. The fraction of sp³-hybridized carbons (Fsp3) is 0.318. The fourth-order valence-electron chi connectivity index (χ4n) is 3.73. The van der Waals surface area contributed by atoms with Crippen molar-refractivity contribution in [1.29, 1.82) is 0 Å². The van der Waals surface area contributed by atoms with Gasteiger partial charge in [-0.3, -0.25) is 4.79 Å². The number of amides is 1. The van der Waals surface area contributed by atoms with Crippen molar-refractivity contribution < 1.29 is 9.53 Å². The third kappa shape index (κ3) is 3.15. The molecular formula is C22H24N4O2. The fourth-order valence-corrected chi connectivity index (χ4v) is 3.73. The van der Waals surface area contributed by atoms with Crippen molar-refractivity contribution in [3.8, 4) is 17.1 Å². The Morgan fingerprint density at radius 1 is 1.14 bits per heavy atom. The molecule has 1 aromatic heterocycles. The van der Waals surface area contributed by atoms with E-state index in [1.807, 2.05) is 31.2 Å². The molecule has 1 N–H and O–H groups in total. The second kappa shape index (κ2) is 7.11. The van der Waals surface area contributed by atoms with E-state index in [2.05, 4.69) is 47.1 Å². The largest absolute Gasteiger partial charge is 0.497 e.